The molecule has 9 heteroatoms. The third kappa shape index (κ3) is 4.04. The lowest BCUT2D eigenvalue weighted by molar-refractivity contribution is 0.0998. The van der Waals surface area contributed by atoms with Gasteiger partial charge in [-0.05, 0) is 24.1 Å². The molecule has 3 aromatic rings. The third-order valence-electron chi connectivity index (χ3n) is 4.75. The van der Waals surface area contributed by atoms with Crippen molar-refractivity contribution in [3.05, 3.63) is 80.4 Å². The van der Waals surface area contributed by atoms with Crippen LogP contribution in [0.15, 0.2) is 58.1 Å². The Balaban J connectivity index is 2.09. The third-order valence-corrected chi connectivity index (χ3v) is 4.75. The fourth-order valence-electron chi connectivity index (χ4n) is 3.16. The van der Waals surface area contributed by atoms with Crippen LogP contribution in [0.5, 0.6) is 5.75 Å². The standard InChI is InChI=1S/C21H23N5O4/c1-3-14(12-8-5-4-6-9-12)23-16-17(21(30)26(2)25-20(16)29)24-15-11-7-10-13(18(15)27)19(22)28/h4-11,14,23-24,27H,3H2,1-2H3,(H2,22,28)(H,25,29). The van der Waals surface area contributed by atoms with Crippen LogP contribution >= 0.6 is 0 Å². The minimum absolute atomic E-state index is 0.0256. The summed E-state index contributed by atoms with van der Waals surface area (Å²) in [5.74, 6) is -1.23. The second-order valence-corrected chi connectivity index (χ2v) is 6.76. The number of aryl methyl sites for hydroxylation is 1. The molecule has 0 saturated carbocycles. The molecule has 2 aromatic carbocycles. The van der Waals surface area contributed by atoms with E-state index in [1.165, 1.54) is 25.2 Å². The van der Waals surface area contributed by atoms with Gasteiger partial charge >= 0.3 is 0 Å². The van der Waals surface area contributed by atoms with Crippen LogP contribution < -0.4 is 27.5 Å². The quantitative estimate of drug-likeness (QED) is 0.379. The minimum atomic E-state index is -0.816. The molecule has 1 unspecified atom stereocenters. The lowest BCUT2D eigenvalue weighted by atomic mass is 10.0. The predicted octanol–water partition coefficient (Wildman–Crippen LogP) is 2.18. The van der Waals surface area contributed by atoms with Gasteiger partial charge in [0.2, 0.25) is 0 Å². The van der Waals surface area contributed by atoms with Gasteiger partial charge in [-0.2, -0.15) is 0 Å². The molecule has 0 saturated heterocycles. The smallest absolute Gasteiger partial charge is 0.290 e. The molecule has 156 valence electrons. The molecule has 6 N–H and O–H groups in total. The number of carbonyl (C=O) groups is 1. The van der Waals surface area contributed by atoms with Crippen molar-refractivity contribution in [2.75, 3.05) is 10.6 Å². The number of nitrogens with zero attached hydrogens (tertiary/aromatic N) is 1. The number of nitrogens with two attached hydrogens (primary N) is 1. The maximum atomic E-state index is 12.8. The summed E-state index contributed by atoms with van der Waals surface area (Å²) in [5, 5.41) is 18.8. The molecule has 0 aliphatic rings. The second-order valence-electron chi connectivity index (χ2n) is 6.76. The van der Waals surface area contributed by atoms with Crippen molar-refractivity contribution < 1.29 is 9.90 Å². The number of hydrogen-bond acceptors (Lipinski definition) is 6. The first-order chi connectivity index (χ1) is 14.3. The van der Waals surface area contributed by atoms with Crippen LogP contribution in [0.25, 0.3) is 0 Å². The monoisotopic (exact) mass is 409 g/mol. The number of aromatic amines is 1. The number of nitrogens with one attached hydrogen (secondary N) is 3. The Morgan fingerprint density at radius 2 is 1.83 bits per heavy atom. The summed E-state index contributed by atoms with van der Waals surface area (Å²) in [6.07, 6.45) is 0.653. The molecule has 0 aliphatic heterocycles. The molecule has 0 bridgehead atoms. The summed E-state index contributed by atoms with van der Waals surface area (Å²) in [6.45, 7) is 1.95. The molecule has 1 aromatic heterocycles. The molecule has 30 heavy (non-hydrogen) atoms. The molecule has 0 spiro atoms. The number of H-pyrrole nitrogens is 1. The van der Waals surface area contributed by atoms with Gasteiger partial charge in [-0.1, -0.05) is 43.3 Å². The van der Waals surface area contributed by atoms with E-state index in [9.17, 15) is 19.5 Å². The summed E-state index contributed by atoms with van der Waals surface area (Å²) in [6, 6.07) is 13.6. The number of para-hydroxylation sites is 1. The van der Waals surface area contributed by atoms with Crippen molar-refractivity contribution in [3.63, 3.8) is 0 Å². The summed E-state index contributed by atoms with van der Waals surface area (Å²) in [4.78, 5) is 37.0. The van der Waals surface area contributed by atoms with Crippen molar-refractivity contribution >= 4 is 23.0 Å². The normalized spacial score (nSPS) is 11.7. The Morgan fingerprint density at radius 3 is 2.47 bits per heavy atom. The van der Waals surface area contributed by atoms with Gasteiger partial charge in [0.15, 0.2) is 5.75 Å². The molecule has 1 heterocycles. The average molecular weight is 409 g/mol. The summed E-state index contributed by atoms with van der Waals surface area (Å²) in [5.41, 5.74) is 5.12. The molecular formula is C21H23N5O4. The zero-order chi connectivity index (χ0) is 21.8. The van der Waals surface area contributed by atoms with Crippen LogP contribution in [0.1, 0.15) is 35.3 Å². The van der Waals surface area contributed by atoms with Gasteiger partial charge < -0.3 is 21.5 Å². The van der Waals surface area contributed by atoms with E-state index >= 15 is 0 Å². The molecule has 9 nitrogen and oxygen atoms in total. The number of anilines is 3. The van der Waals surface area contributed by atoms with Gasteiger partial charge in [0.05, 0.1) is 17.3 Å². The maximum absolute atomic E-state index is 12.8. The van der Waals surface area contributed by atoms with E-state index in [1.807, 2.05) is 37.3 Å². The van der Waals surface area contributed by atoms with E-state index in [-0.39, 0.29) is 28.7 Å². The van der Waals surface area contributed by atoms with E-state index in [1.54, 1.807) is 0 Å². The van der Waals surface area contributed by atoms with Gasteiger partial charge in [0, 0.05) is 7.05 Å². The number of rotatable bonds is 7. The molecule has 1 atom stereocenters. The number of amides is 1. The zero-order valence-corrected chi connectivity index (χ0v) is 16.6. The van der Waals surface area contributed by atoms with Gasteiger partial charge in [0.1, 0.15) is 11.4 Å². The van der Waals surface area contributed by atoms with Crippen molar-refractivity contribution in [3.8, 4) is 5.75 Å². The van der Waals surface area contributed by atoms with Crippen LogP contribution in [0.2, 0.25) is 0 Å². The number of aromatic hydroxyl groups is 1. The lowest BCUT2D eigenvalue weighted by Crippen LogP contribution is -2.32. The molecule has 0 fully saturated rings. The Morgan fingerprint density at radius 1 is 1.13 bits per heavy atom. The summed E-state index contributed by atoms with van der Waals surface area (Å²) >= 11 is 0. The van der Waals surface area contributed by atoms with E-state index in [4.69, 9.17) is 5.73 Å². The Labute approximate surface area is 172 Å². The molecule has 0 aliphatic carbocycles. The highest BCUT2D eigenvalue weighted by Gasteiger charge is 2.20. The second kappa shape index (κ2) is 8.56. The highest BCUT2D eigenvalue weighted by molar-refractivity contribution is 5.98. The highest BCUT2D eigenvalue weighted by Crippen LogP contribution is 2.31. The number of carbonyl (C=O) groups excluding carboxylic acids is 1. The van der Waals surface area contributed by atoms with Crippen molar-refractivity contribution in [1.29, 1.82) is 0 Å². The van der Waals surface area contributed by atoms with E-state index in [0.29, 0.717) is 6.42 Å². The molecular weight excluding hydrogens is 386 g/mol. The zero-order valence-electron chi connectivity index (χ0n) is 16.6. The lowest BCUT2D eigenvalue weighted by Gasteiger charge is -2.21. The van der Waals surface area contributed by atoms with Crippen molar-refractivity contribution in [1.82, 2.24) is 9.78 Å². The van der Waals surface area contributed by atoms with Crippen molar-refractivity contribution in [2.24, 2.45) is 12.8 Å². The van der Waals surface area contributed by atoms with E-state index in [0.717, 1.165) is 10.2 Å². The van der Waals surface area contributed by atoms with E-state index < -0.39 is 22.8 Å². The Kier molecular flexibility index (Phi) is 5.91. The highest BCUT2D eigenvalue weighted by atomic mass is 16.3. The number of aromatic nitrogens is 2. The summed E-state index contributed by atoms with van der Waals surface area (Å²) in [7, 11) is 1.41. The van der Waals surface area contributed by atoms with Crippen LogP contribution in [-0.2, 0) is 7.05 Å². The largest absolute Gasteiger partial charge is 0.505 e. The first kappa shape index (κ1) is 20.7. The minimum Gasteiger partial charge on any atom is -0.505 e. The molecule has 0 radical (unpaired) electrons. The number of primary amides is 1. The predicted molar refractivity (Wildman–Crippen MR) is 115 cm³/mol. The first-order valence-electron chi connectivity index (χ1n) is 9.37. The Hall–Kier alpha value is -4.01. The molecule has 3 rings (SSSR count). The maximum Gasteiger partial charge on any atom is 0.290 e. The number of benzene rings is 2. The van der Waals surface area contributed by atoms with Crippen LogP contribution in [0.3, 0.4) is 0 Å². The van der Waals surface area contributed by atoms with E-state index in [2.05, 4.69) is 15.7 Å². The van der Waals surface area contributed by atoms with Gasteiger partial charge in [-0.3, -0.25) is 24.2 Å². The van der Waals surface area contributed by atoms with Gasteiger partial charge in [0.25, 0.3) is 17.0 Å². The number of phenols is 1. The van der Waals surface area contributed by atoms with Crippen LogP contribution in [-0.4, -0.2) is 20.8 Å². The SMILES string of the molecule is CCC(Nc1c(Nc2cccc(C(N)=O)c2O)c(=O)n(C)[nH]c1=O)c1ccccc1. The first-order valence-corrected chi connectivity index (χ1v) is 9.37. The van der Waals surface area contributed by atoms with Crippen LogP contribution in [0.4, 0.5) is 17.1 Å². The van der Waals surface area contributed by atoms with Crippen LogP contribution in [0, 0.1) is 0 Å². The van der Waals surface area contributed by atoms with Gasteiger partial charge in [-0.15, -0.1) is 0 Å². The van der Waals surface area contributed by atoms with Crippen molar-refractivity contribution in [2.45, 2.75) is 19.4 Å². The summed E-state index contributed by atoms with van der Waals surface area (Å²) < 4.78 is 1.04. The number of hydrogen-bond donors (Lipinski definition) is 5. The average Bonchev–Trinajstić information content (AvgIpc) is 2.73. The fourth-order valence-corrected chi connectivity index (χ4v) is 3.16. The van der Waals surface area contributed by atoms with Gasteiger partial charge in [-0.25, -0.2) is 0 Å². The fraction of sp³-hybridized carbons (Fsp3) is 0.190. The Bertz CT molecular complexity index is 1180. The topological polar surface area (TPSA) is 142 Å². The molecule has 1 amide bonds.